The summed E-state index contributed by atoms with van der Waals surface area (Å²) in [6.45, 7) is 14.0. The van der Waals surface area contributed by atoms with Gasteiger partial charge < -0.3 is 23.9 Å². The summed E-state index contributed by atoms with van der Waals surface area (Å²) in [7, 11) is 0. The standard InChI is InChI=1S/C21H34N2O3.C2H4O/c1-5-6-18-17(9-14-24-20(2,3)4)7-8-19(22-18)23-12-10-21(11-13-23)25-15-16-26-21;1-2-3/h7-8H,5-6,9-16H2,1-4H3;2H,1H3. The van der Waals surface area contributed by atoms with Crippen molar-refractivity contribution in [1.82, 2.24) is 4.98 Å². The van der Waals surface area contributed by atoms with Crippen LogP contribution in [0.2, 0.25) is 0 Å². The number of hydrogen-bond acceptors (Lipinski definition) is 6. The van der Waals surface area contributed by atoms with E-state index < -0.39 is 0 Å². The van der Waals surface area contributed by atoms with Gasteiger partial charge in [-0.2, -0.15) is 0 Å². The zero-order valence-corrected chi connectivity index (χ0v) is 18.8. The third-order valence-electron chi connectivity index (χ3n) is 5.11. The molecule has 0 atom stereocenters. The van der Waals surface area contributed by atoms with Crippen LogP contribution in [0.5, 0.6) is 0 Å². The largest absolute Gasteiger partial charge is 0.376 e. The van der Waals surface area contributed by atoms with Gasteiger partial charge in [0, 0.05) is 31.6 Å². The highest BCUT2D eigenvalue weighted by atomic mass is 16.7. The van der Waals surface area contributed by atoms with E-state index in [1.165, 1.54) is 18.2 Å². The molecule has 1 aromatic rings. The molecule has 2 fully saturated rings. The first-order chi connectivity index (χ1) is 13.8. The number of piperidine rings is 1. The van der Waals surface area contributed by atoms with E-state index in [0.717, 1.165) is 77.1 Å². The maximum Gasteiger partial charge on any atom is 0.171 e. The van der Waals surface area contributed by atoms with Crippen molar-refractivity contribution in [3.05, 3.63) is 23.4 Å². The SMILES string of the molecule is CC=O.CCCc1nc(N2CCC3(CC2)OCCO3)ccc1CCOC(C)(C)C. The van der Waals surface area contributed by atoms with Crippen LogP contribution in [-0.4, -0.2) is 55.6 Å². The smallest absolute Gasteiger partial charge is 0.171 e. The fraction of sp³-hybridized carbons (Fsp3) is 0.739. The Balaban J connectivity index is 0.000000941. The number of pyridine rings is 1. The van der Waals surface area contributed by atoms with Crippen LogP contribution >= 0.6 is 0 Å². The summed E-state index contributed by atoms with van der Waals surface area (Å²) in [6, 6.07) is 4.41. The fourth-order valence-corrected chi connectivity index (χ4v) is 3.71. The first-order valence-corrected chi connectivity index (χ1v) is 10.9. The Morgan fingerprint density at radius 3 is 2.34 bits per heavy atom. The van der Waals surface area contributed by atoms with Gasteiger partial charge in [0.2, 0.25) is 0 Å². The molecule has 6 nitrogen and oxygen atoms in total. The molecule has 3 rings (SSSR count). The number of rotatable bonds is 6. The number of aryl methyl sites for hydroxylation is 1. The van der Waals surface area contributed by atoms with Gasteiger partial charge in [0.1, 0.15) is 12.1 Å². The van der Waals surface area contributed by atoms with Crippen LogP contribution in [-0.2, 0) is 31.8 Å². The second-order valence-electron chi connectivity index (χ2n) is 8.57. The van der Waals surface area contributed by atoms with Crippen molar-refractivity contribution in [3.8, 4) is 0 Å². The second kappa shape index (κ2) is 11.0. The molecule has 164 valence electrons. The highest BCUT2D eigenvalue weighted by Crippen LogP contribution is 2.33. The van der Waals surface area contributed by atoms with E-state index in [4.69, 9.17) is 24.0 Å². The van der Waals surface area contributed by atoms with Crippen molar-refractivity contribution in [2.75, 3.05) is 37.8 Å². The molecule has 2 aliphatic heterocycles. The van der Waals surface area contributed by atoms with E-state index >= 15 is 0 Å². The lowest BCUT2D eigenvalue weighted by atomic mass is 10.0. The Kier molecular flexibility index (Phi) is 9.05. The topological polar surface area (TPSA) is 60.9 Å². The lowest BCUT2D eigenvalue weighted by Crippen LogP contribution is -2.45. The third kappa shape index (κ3) is 7.36. The molecule has 2 saturated heterocycles. The lowest BCUT2D eigenvalue weighted by Gasteiger charge is -2.38. The van der Waals surface area contributed by atoms with Gasteiger partial charge in [0.05, 0.1) is 25.4 Å². The number of anilines is 1. The molecule has 0 amide bonds. The van der Waals surface area contributed by atoms with Crippen LogP contribution < -0.4 is 4.90 Å². The lowest BCUT2D eigenvalue weighted by molar-refractivity contribution is -0.169. The van der Waals surface area contributed by atoms with Crippen molar-refractivity contribution < 1.29 is 19.0 Å². The van der Waals surface area contributed by atoms with Gasteiger partial charge in [-0.1, -0.05) is 19.4 Å². The van der Waals surface area contributed by atoms with Crippen LogP contribution in [0.1, 0.15) is 65.1 Å². The maximum atomic E-state index is 8.81. The quantitative estimate of drug-likeness (QED) is 0.667. The molecule has 0 saturated carbocycles. The van der Waals surface area contributed by atoms with E-state index in [0.29, 0.717) is 0 Å². The number of carbonyl (C=O) groups excluding carboxylic acids is 1. The molecule has 6 heteroatoms. The molecular weight excluding hydrogens is 368 g/mol. The molecule has 0 unspecified atom stereocenters. The summed E-state index contributed by atoms with van der Waals surface area (Å²) in [4.78, 5) is 16.2. The number of hydrogen-bond donors (Lipinski definition) is 0. The summed E-state index contributed by atoms with van der Waals surface area (Å²) >= 11 is 0. The molecule has 3 heterocycles. The average Bonchev–Trinajstić information content (AvgIpc) is 3.11. The van der Waals surface area contributed by atoms with Crippen molar-refractivity contribution in [3.63, 3.8) is 0 Å². The van der Waals surface area contributed by atoms with Gasteiger partial charge in [0.25, 0.3) is 0 Å². The fourth-order valence-electron chi connectivity index (χ4n) is 3.71. The van der Waals surface area contributed by atoms with Crippen LogP contribution in [0.4, 0.5) is 5.82 Å². The molecule has 2 aliphatic rings. The van der Waals surface area contributed by atoms with Crippen molar-refractivity contribution in [2.45, 2.75) is 78.1 Å². The summed E-state index contributed by atoms with van der Waals surface area (Å²) in [5, 5.41) is 0. The molecule has 0 bridgehead atoms. The van der Waals surface area contributed by atoms with Crippen molar-refractivity contribution in [1.29, 1.82) is 0 Å². The average molecular weight is 407 g/mol. The van der Waals surface area contributed by atoms with Gasteiger partial charge in [-0.15, -0.1) is 0 Å². The molecule has 29 heavy (non-hydrogen) atoms. The number of aromatic nitrogens is 1. The van der Waals surface area contributed by atoms with E-state index in [-0.39, 0.29) is 11.4 Å². The van der Waals surface area contributed by atoms with Gasteiger partial charge in [-0.3, -0.25) is 0 Å². The first-order valence-electron chi connectivity index (χ1n) is 10.9. The van der Waals surface area contributed by atoms with Gasteiger partial charge in [-0.05, 0) is 52.2 Å². The zero-order chi connectivity index (χ0) is 21.3. The van der Waals surface area contributed by atoms with E-state index in [2.05, 4.69) is 44.7 Å². The van der Waals surface area contributed by atoms with Gasteiger partial charge >= 0.3 is 0 Å². The zero-order valence-electron chi connectivity index (χ0n) is 18.8. The molecule has 0 radical (unpaired) electrons. The maximum absolute atomic E-state index is 8.81. The number of ether oxygens (including phenoxy) is 3. The molecule has 0 aromatic carbocycles. The second-order valence-corrected chi connectivity index (χ2v) is 8.57. The van der Waals surface area contributed by atoms with Crippen molar-refractivity contribution >= 4 is 12.1 Å². The minimum Gasteiger partial charge on any atom is -0.376 e. The van der Waals surface area contributed by atoms with Crippen LogP contribution in [0, 0.1) is 0 Å². The minimum atomic E-state index is -0.326. The normalized spacial score (nSPS) is 18.4. The molecule has 0 N–H and O–H groups in total. The predicted molar refractivity (Wildman–Crippen MR) is 115 cm³/mol. The predicted octanol–water partition coefficient (Wildman–Crippen LogP) is 3.94. The van der Waals surface area contributed by atoms with Crippen LogP contribution in [0.3, 0.4) is 0 Å². The summed E-state index contributed by atoms with van der Waals surface area (Å²) in [6.07, 6.45) is 5.62. The summed E-state index contributed by atoms with van der Waals surface area (Å²) in [5.74, 6) is 0.759. The minimum absolute atomic E-state index is 0.0908. The highest BCUT2D eigenvalue weighted by molar-refractivity contribution is 5.44. The highest BCUT2D eigenvalue weighted by Gasteiger charge is 2.40. The Labute approximate surface area is 175 Å². The van der Waals surface area contributed by atoms with Crippen LogP contribution in [0.15, 0.2) is 12.1 Å². The summed E-state index contributed by atoms with van der Waals surface area (Å²) < 4.78 is 17.6. The Hall–Kier alpha value is -1.50. The molecule has 1 spiro atoms. The third-order valence-corrected chi connectivity index (χ3v) is 5.11. The van der Waals surface area contributed by atoms with Gasteiger partial charge in [0.15, 0.2) is 5.79 Å². The Morgan fingerprint density at radius 2 is 1.79 bits per heavy atom. The molecular formula is C23H38N2O4. The van der Waals surface area contributed by atoms with E-state index in [1.54, 1.807) is 0 Å². The number of carbonyl (C=O) groups is 1. The van der Waals surface area contributed by atoms with E-state index in [9.17, 15) is 0 Å². The first kappa shape index (κ1) is 23.8. The van der Waals surface area contributed by atoms with Crippen molar-refractivity contribution in [2.24, 2.45) is 0 Å². The monoisotopic (exact) mass is 406 g/mol. The van der Waals surface area contributed by atoms with Gasteiger partial charge in [-0.25, -0.2) is 4.98 Å². The Morgan fingerprint density at radius 1 is 1.17 bits per heavy atom. The number of aldehydes is 1. The summed E-state index contributed by atoms with van der Waals surface area (Å²) in [5.41, 5.74) is 2.44. The molecule has 1 aromatic heterocycles. The van der Waals surface area contributed by atoms with E-state index in [1.807, 2.05) is 0 Å². The van der Waals surface area contributed by atoms with Crippen LogP contribution in [0.25, 0.3) is 0 Å². The molecule has 0 aliphatic carbocycles. The number of nitrogens with zero attached hydrogens (tertiary/aromatic N) is 2. The Bertz CT molecular complexity index is 626.